The zero-order chi connectivity index (χ0) is 19.8. The van der Waals surface area contributed by atoms with Crippen molar-refractivity contribution in [3.05, 3.63) is 27.7 Å². The number of carbonyl (C=O) groups excluding carboxylic acids is 1. The molecule has 0 N–H and O–H groups in total. The minimum Gasteiger partial charge on any atom is -0.434 e. The predicted octanol–water partition coefficient (Wildman–Crippen LogP) is 5.74. The lowest BCUT2D eigenvalue weighted by Crippen LogP contribution is -2.49. The number of hydrogen-bond acceptors (Lipinski definition) is 2. The molecule has 0 radical (unpaired) electrons. The molecule has 2 nitrogen and oxygen atoms in total. The van der Waals surface area contributed by atoms with E-state index in [0.29, 0.717) is 0 Å². The third kappa shape index (κ3) is 4.55. The van der Waals surface area contributed by atoms with E-state index in [4.69, 9.17) is 0 Å². The Labute approximate surface area is 149 Å². The molecule has 0 bridgehead atoms. The monoisotopic (exact) mass is 462 g/mol. The third-order valence-electron chi connectivity index (χ3n) is 2.98. The van der Waals surface area contributed by atoms with E-state index in [1.165, 1.54) is 0 Å². The number of carbonyl (C=O) groups is 1. The molecule has 1 atom stereocenters. The van der Waals surface area contributed by atoms with Crippen LogP contribution < -0.4 is 4.74 Å². The molecule has 0 saturated carbocycles. The number of ether oxygens (including phenoxy) is 1. The molecule has 0 aromatic heterocycles. The van der Waals surface area contributed by atoms with Gasteiger partial charge >= 0.3 is 23.8 Å². The van der Waals surface area contributed by atoms with Crippen molar-refractivity contribution < 1.29 is 44.7 Å². The Kier molecular flexibility index (Phi) is 6.37. The highest BCUT2D eigenvalue weighted by atomic mass is 79.9. The van der Waals surface area contributed by atoms with E-state index in [1.807, 2.05) is 0 Å². The minimum absolute atomic E-state index is 0.0129. The molecule has 1 aromatic carbocycles. The fraction of sp³-hybridized carbons (Fsp3) is 0.462. The second kappa shape index (κ2) is 7.26. The quantitative estimate of drug-likeness (QED) is 0.397. The summed E-state index contributed by atoms with van der Waals surface area (Å²) in [6.45, 7) is -2.53. The average molecular weight is 464 g/mol. The topological polar surface area (TPSA) is 26.3 Å². The largest absolute Gasteiger partial charge is 0.434 e. The highest BCUT2D eigenvalue weighted by Crippen LogP contribution is 2.55. The van der Waals surface area contributed by atoms with Gasteiger partial charge in [0.05, 0.1) is 0 Å². The van der Waals surface area contributed by atoms with Gasteiger partial charge in [0.1, 0.15) is 11.5 Å². The summed E-state index contributed by atoms with van der Waals surface area (Å²) >= 11 is 6.95. The number of benzene rings is 1. The highest BCUT2D eigenvalue weighted by molar-refractivity contribution is 9.10. The van der Waals surface area contributed by atoms with E-state index < -0.39 is 51.8 Å². The van der Waals surface area contributed by atoms with Crippen molar-refractivity contribution in [3.63, 3.8) is 0 Å². The molecule has 0 aliphatic rings. The van der Waals surface area contributed by atoms with Gasteiger partial charge in [-0.05, 0) is 30.7 Å². The Morgan fingerprint density at radius 1 is 1.20 bits per heavy atom. The van der Waals surface area contributed by atoms with Crippen LogP contribution in [-0.4, -0.2) is 24.0 Å². The summed E-state index contributed by atoms with van der Waals surface area (Å²) in [4.78, 5) is 11.1. The Morgan fingerprint density at radius 2 is 1.72 bits per heavy atom. The van der Waals surface area contributed by atoms with Crippen LogP contribution in [0.25, 0.3) is 0 Å². The van der Waals surface area contributed by atoms with E-state index >= 15 is 0 Å². The Bertz CT molecular complexity index is 643. The molecular formula is C13H8BrClF8O2. The summed E-state index contributed by atoms with van der Waals surface area (Å²) in [5.74, 6) is -1.67. The van der Waals surface area contributed by atoms with Gasteiger partial charge in [0.25, 0.3) is 0 Å². The summed E-state index contributed by atoms with van der Waals surface area (Å²) in [5, 5.41) is -5.45. The van der Waals surface area contributed by atoms with Crippen molar-refractivity contribution in [2.45, 2.75) is 37.2 Å². The summed E-state index contributed by atoms with van der Waals surface area (Å²) in [7, 11) is 0. The second-order valence-corrected chi connectivity index (χ2v) is 6.18. The number of ketones is 1. The maximum Gasteiger partial charge on any atom is 0.434 e. The lowest BCUT2D eigenvalue weighted by Gasteiger charge is -2.32. The molecule has 0 fully saturated rings. The summed E-state index contributed by atoms with van der Waals surface area (Å²) in [5.41, 5.74) is -7.52. The van der Waals surface area contributed by atoms with E-state index in [9.17, 15) is 39.9 Å². The molecule has 0 aliphatic heterocycles. The van der Waals surface area contributed by atoms with Crippen molar-refractivity contribution in [1.29, 1.82) is 0 Å². The lowest BCUT2D eigenvalue weighted by atomic mass is 9.92. The number of alkyl halides is 9. The first-order chi connectivity index (χ1) is 11.1. The van der Waals surface area contributed by atoms with Crippen molar-refractivity contribution in [2.24, 2.45) is 0 Å². The van der Waals surface area contributed by atoms with Gasteiger partial charge in [-0.15, -0.1) is 0 Å². The van der Waals surface area contributed by atoms with E-state index in [-0.39, 0.29) is 17.7 Å². The minimum atomic E-state index is -6.18. The molecule has 0 heterocycles. The first-order valence-electron chi connectivity index (χ1n) is 6.20. The second-order valence-electron chi connectivity index (χ2n) is 4.85. The average Bonchev–Trinajstić information content (AvgIpc) is 2.37. The van der Waals surface area contributed by atoms with Crippen molar-refractivity contribution in [2.75, 3.05) is 0 Å². The molecule has 0 aliphatic carbocycles. The number of halogens is 10. The van der Waals surface area contributed by atoms with Crippen molar-refractivity contribution in [3.8, 4) is 5.75 Å². The Hall–Kier alpha value is -1.10. The number of hydrogen-bond donors (Lipinski definition) is 0. The Balaban J connectivity index is 3.71. The van der Waals surface area contributed by atoms with E-state index in [2.05, 4.69) is 32.3 Å². The van der Waals surface area contributed by atoms with E-state index in [0.717, 1.165) is 6.92 Å². The van der Waals surface area contributed by atoms with Gasteiger partial charge in [-0.3, -0.25) is 4.79 Å². The smallest absolute Gasteiger partial charge is 0.434 e. The van der Waals surface area contributed by atoms with Crippen LogP contribution in [0.5, 0.6) is 5.75 Å². The molecule has 1 rings (SSSR count). The molecule has 142 valence electrons. The van der Waals surface area contributed by atoms with Gasteiger partial charge in [0, 0.05) is 22.0 Å². The van der Waals surface area contributed by atoms with Gasteiger partial charge < -0.3 is 4.74 Å². The normalized spacial score (nSPS) is 15.2. The molecule has 25 heavy (non-hydrogen) atoms. The lowest BCUT2D eigenvalue weighted by molar-refractivity contribution is -0.286. The van der Waals surface area contributed by atoms with Crippen LogP contribution >= 0.6 is 27.5 Å². The van der Waals surface area contributed by atoms with Crippen LogP contribution in [0.15, 0.2) is 16.6 Å². The predicted molar refractivity (Wildman–Crippen MR) is 74.8 cm³/mol. The zero-order valence-corrected chi connectivity index (χ0v) is 14.4. The first kappa shape index (κ1) is 21.9. The summed E-state index contributed by atoms with van der Waals surface area (Å²) < 4.78 is 108. The van der Waals surface area contributed by atoms with Crippen LogP contribution in [-0.2, 0) is 16.9 Å². The van der Waals surface area contributed by atoms with Gasteiger partial charge in [0.15, 0.2) is 0 Å². The van der Waals surface area contributed by atoms with Gasteiger partial charge in [-0.1, -0.05) is 15.9 Å². The summed E-state index contributed by atoms with van der Waals surface area (Å²) in [6.07, 6.45) is -6.76. The standard InChI is InChI=1S/C13H8BrClF8O2/c1-5(24)2-7-8(14)3-6(4-9(7)25-10(16)17)11(18,12(15,19)20)13(21,22)23/h3-4,10H,2H2,1H3. The Morgan fingerprint density at radius 3 is 2.08 bits per heavy atom. The van der Waals surface area contributed by atoms with Crippen molar-refractivity contribution >= 4 is 33.3 Å². The van der Waals surface area contributed by atoms with E-state index in [1.54, 1.807) is 0 Å². The molecule has 0 saturated heterocycles. The zero-order valence-electron chi connectivity index (χ0n) is 12.0. The van der Waals surface area contributed by atoms with Crippen LogP contribution in [0, 0.1) is 0 Å². The summed E-state index contributed by atoms with van der Waals surface area (Å²) in [6, 6.07) is 0.291. The number of Topliss-reactive ketones (excluding diaryl/α,β-unsaturated/α-hetero) is 1. The SMILES string of the molecule is CC(=O)Cc1c(Br)cc(C(F)(C(F)(F)F)C(F)(F)Cl)cc1OC(F)F. The molecule has 1 aromatic rings. The van der Waals surface area contributed by atoms with Crippen LogP contribution in [0.3, 0.4) is 0 Å². The van der Waals surface area contributed by atoms with Crippen molar-refractivity contribution in [1.82, 2.24) is 0 Å². The van der Waals surface area contributed by atoms with Gasteiger partial charge in [-0.2, -0.15) is 30.7 Å². The van der Waals surface area contributed by atoms with Crippen LogP contribution in [0.1, 0.15) is 18.1 Å². The van der Waals surface area contributed by atoms with Gasteiger partial charge in [-0.25, -0.2) is 4.39 Å². The highest BCUT2D eigenvalue weighted by Gasteiger charge is 2.72. The number of rotatable bonds is 6. The molecule has 1 unspecified atom stereocenters. The third-order valence-corrected chi connectivity index (χ3v) is 3.94. The maximum absolute atomic E-state index is 14.3. The molecule has 0 amide bonds. The molecule has 0 spiro atoms. The first-order valence-corrected chi connectivity index (χ1v) is 7.38. The molecule has 12 heteroatoms. The van der Waals surface area contributed by atoms with Crippen LogP contribution in [0.2, 0.25) is 0 Å². The fourth-order valence-electron chi connectivity index (χ4n) is 1.92. The fourth-order valence-corrected chi connectivity index (χ4v) is 2.72. The molecular weight excluding hydrogens is 455 g/mol. The van der Waals surface area contributed by atoms with Crippen LogP contribution in [0.4, 0.5) is 35.1 Å². The van der Waals surface area contributed by atoms with Gasteiger partial charge in [0.2, 0.25) is 0 Å². The maximum atomic E-state index is 14.3.